The molecule has 2 aromatic carbocycles. The predicted octanol–water partition coefficient (Wildman–Crippen LogP) is 4.00. The highest BCUT2D eigenvalue weighted by molar-refractivity contribution is 7.89. The zero-order valence-electron chi connectivity index (χ0n) is 16.5. The number of anilines is 1. The molecule has 0 aromatic heterocycles. The van der Waals surface area contributed by atoms with E-state index < -0.39 is 15.9 Å². The largest absolute Gasteiger partial charge is 0.494 e. The predicted molar refractivity (Wildman–Crippen MR) is 112 cm³/mol. The number of nitrogens with zero attached hydrogens (tertiary/aromatic N) is 1. The molecule has 1 N–H and O–H groups in total. The van der Waals surface area contributed by atoms with Crippen LogP contribution in [0.25, 0.3) is 0 Å². The molecule has 0 aliphatic rings. The number of ether oxygens (including phenoxy) is 1. The van der Waals surface area contributed by atoms with Crippen LogP contribution in [-0.2, 0) is 14.8 Å². The summed E-state index contributed by atoms with van der Waals surface area (Å²) >= 11 is 5.97. The lowest BCUT2D eigenvalue weighted by Gasteiger charge is -2.21. The van der Waals surface area contributed by atoms with Crippen LogP contribution in [0, 0.1) is 13.8 Å². The van der Waals surface area contributed by atoms with Crippen molar-refractivity contribution >= 4 is 33.2 Å². The van der Waals surface area contributed by atoms with Gasteiger partial charge in [-0.15, -0.1) is 0 Å². The van der Waals surface area contributed by atoms with Crippen molar-refractivity contribution in [1.29, 1.82) is 0 Å². The molecule has 2 aromatic rings. The molecule has 0 aliphatic heterocycles. The Hall–Kier alpha value is -2.09. The van der Waals surface area contributed by atoms with Gasteiger partial charge in [0.15, 0.2) is 0 Å². The average Bonchev–Trinajstić information content (AvgIpc) is 2.64. The van der Waals surface area contributed by atoms with Crippen LogP contribution in [0.3, 0.4) is 0 Å². The third-order valence-electron chi connectivity index (χ3n) is 4.23. The van der Waals surface area contributed by atoms with Gasteiger partial charge in [0, 0.05) is 17.3 Å². The highest BCUT2D eigenvalue weighted by Crippen LogP contribution is 2.24. The molecule has 0 saturated carbocycles. The first-order valence-corrected chi connectivity index (χ1v) is 10.8. The van der Waals surface area contributed by atoms with Crippen LogP contribution in [0.2, 0.25) is 5.02 Å². The number of halogens is 1. The Labute approximate surface area is 171 Å². The van der Waals surface area contributed by atoms with Gasteiger partial charge in [-0.3, -0.25) is 4.79 Å². The lowest BCUT2D eigenvalue weighted by atomic mass is 10.2. The zero-order valence-corrected chi connectivity index (χ0v) is 18.0. The molecule has 0 heterocycles. The van der Waals surface area contributed by atoms with Crippen molar-refractivity contribution in [3.63, 3.8) is 0 Å². The van der Waals surface area contributed by atoms with Crippen molar-refractivity contribution in [2.45, 2.75) is 32.6 Å². The minimum Gasteiger partial charge on any atom is -0.494 e. The molecule has 0 saturated heterocycles. The number of aryl methyl sites for hydroxylation is 2. The fraction of sp³-hybridized carbons (Fsp3) is 0.350. The van der Waals surface area contributed by atoms with E-state index in [4.69, 9.17) is 16.3 Å². The van der Waals surface area contributed by atoms with Crippen molar-refractivity contribution in [1.82, 2.24) is 4.31 Å². The van der Waals surface area contributed by atoms with E-state index in [0.717, 1.165) is 15.4 Å². The lowest BCUT2D eigenvalue weighted by molar-refractivity contribution is -0.116. The standard InChI is InChI=1S/C20H25ClN2O4S/c1-5-23(13-20(24)22-18-12-16(21)8-7-14(18)3)28(25,26)17-9-10-19(27-6-2)15(4)11-17/h7-12H,5-6,13H2,1-4H3,(H,22,24). The number of hydrogen-bond donors (Lipinski definition) is 1. The molecule has 152 valence electrons. The number of amides is 1. The molecule has 0 spiro atoms. The van der Waals surface area contributed by atoms with Crippen molar-refractivity contribution in [3.05, 3.63) is 52.5 Å². The van der Waals surface area contributed by atoms with Crippen LogP contribution in [0.1, 0.15) is 25.0 Å². The SMILES string of the molecule is CCOc1ccc(S(=O)(=O)N(CC)CC(=O)Nc2cc(Cl)ccc2C)cc1C. The maximum absolute atomic E-state index is 13.0. The van der Waals surface area contributed by atoms with Gasteiger partial charge in [-0.2, -0.15) is 4.31 Å². The minimum absolute atomic E-state index is 0.127. The third-order valence-corrected chi connectivity index (χ3v) is 6.38. The van der Waals surface area contributed by atoms with Gasteiger partial charge in [0.2, 0.25) is 15.9 Å². The van der Waals surface area contributed by atoms with E-state index in [0.29, 0.717) is 23.1 Å². The number of likely N-dealkylation sites (N-methyl/N-ethyl adjacent to an activating group) is 1. The maximum atomic E-state index is 13.0. The van der Waals surface area contributed by atoms with E-state index in [1.807, 2.05) is 13.8 Å². The second-order valence-corrected chi connectivity index (χ2v) is 8.67. The van der Waals surface area contributed by atoms with Crippen LogP contribution in [0.4, 0.5) is 5.69 Å². The summed E-state index contributed by atoms with van der Waals surface area (Å²) in [6.07, 6.45) is 0. The Balaban J connectivity index is 2.20. The second kappa shape index (κ2) is 9.41. The summed E-state index contributed by atoms with van der Waals surface area (Å²) < 4.78 is 32.6. The molecule has 6 nitrogen and oxygen atoms in total. The number of hydrogen-bond acceptors (Lipinski definition) is 4. The molecule has 0 unspecified atom stereocenters. The fourth-order valence-electron chi connectivity index (χ4n) is 2.69. The van der Waals surface area contributed by atoms with Crippen molar-refractivity contribution in [3.8, 4) is 5.75 Å². The van der Waals surface area contributed by atoms with E-state index in [1.54, 1.807) is 44.2 Å². The van der Waals surface area contributed by atoms with Crippen molar-refractivity contribution < 1.29 is 17.9 Å². The monoisotopic (exact) mass is 424 g/mol. The number of nitrogens with one attached hydrogen (secondary N) is 1. The molecule has 28 heavy (non-hydrogen) atoms. The summed E-state index contributed by atoms with van der Waals surface area (Å²) in [6, 6.07) is 9.83. The number of carbonyl (C=O) groups is 1. The topological polar surface area (TPSA) is 75.7 Å². The van der Waals surface area contributed by atoms with Gasteiger partial charge >= 0.3 is 0 Å². The summed E-state index contributed by atoms with van der Waals surface area (Å²) in [5.74, 6) is 0.206. The summed E-state index contributed by atoms with van der Waals surface area (Å²) in [5, 5.41) is 3.22. The Bertz CT molecular complexity index is 961. The number of sulfonamides is 1. The van der Waals surface area contributed by atoms with Gasteiger partial charge in [0.1, 0.15) is 5.75 Å². The van der Waals surface area contributed by atoms with Gasteiger partial charge < -0.3 is 10.1 Å². The van der Waals surface area contributed by atoms with Gasteiger partial charge in [0.25, 0.3) is 0 Å². The zero-order chi connectivity index (χ0) is 20.9. The van der Waals surface area contributed by atoms with Gasteiger partial charge in [0.05, 0.1) is 18.0 Å². The second-order valence-electron chi connectivity index (χ2n) is 6.30. The molecule has 0 atom stereocenters. The smallest absolute Gasteiger partial charge is 0.243 e. The summed E-state index contributed by atoms with van der Waals surface area (Å²) in [7, 11) is -3.82. The van der Waals surface area contributed by atoms with Crippen LogP contribution in [-0.4, -0.2) is 38.3 Å². The van der Waals surface area contributed by atoms with E-state index in [1.165, 1.54) is 6.07 Å². The average molecular weight is 425 g/mol. The van der Waals surface area contributed by atoms with Gasteiger partial charge in [-0.25, -0.2) is 8.42 Å². The Morgan fingerprint density at radius 2 is 1.82 bits per heavy atom. The third kappa shape index (κ3) is 5.25. The summed E-state index contributed by atoms with van der Waals surface area (Å²) in [5.41, 5.74) is 2.12. The Morgan fingerprint density at radius 1 is 1.11 bits per heavy atom. The lowest BCUT2D eigenvalue weighted by Crippen LogP contribution is -2.38. The van der Waals surface area contributed by atoms with Crippen LogP contribution < -0.4 is 10.1 Å². The first kappa shape index (κ1) is 22.2. The molecule has 0 bridgehead atoms. The minimum atomic E-state index is -3.82. The molecular weight excluding hydrogens is 400 g/mol. The van der Waals surface area contributed by atoms with Crippen LogP contribution >= 0.6 is 11.6 Å². The molecule has 2 rings (SSSR count). The summed E-state index contributed by atoms with van der Waals surface area (Å²) in [4.78, 5) is 12.6. The molecule has 8 heteroatoms. The molecule has 0 aliphatic carbocycles. The van der Waals surface area contributed by atoms with Gasteiger partial charge in [-0.05, 0) is 62.2 Å². The molecule has 0 fully saturated rings. The number of carbonyl (C=O) groups excluding carboxylic acids is 1. The van der Waals surface area contributed by atoms with E-state index >= 15 is 0 Å². The van der Waals surface area contributed by atoms with Crippen LogP contribution in [0.5, 0.6) is 5.75 Å². The fourth-order valence-corrected chi connectivity index (χ4v) is 4.36. The summed E-state index contributed by atoms with van der Waals surface area (Å²) in [6.45, 7) is 7.54. The van der Waals surface area contributed by atoms with E-state index in [-0.39, 0.29) is 18.0 Å². The Kier molecular flexibility index (Phi) is 7.46. The number of benzene rings is 2. The first-order valence-electron chi connectivity index (χ1n) is 8.98. The van der Waals surface area contributed by atoms with Crippen molar-refractivity contribution in [2.75, 3.05) is 25.0 Å². The molecular formula is C20H25ClN2O4S. The number of rotatable bonds is 8. The van der Waals surface area contributed by atoms with E-state index in [9.17, 15) is 13.2 Å². The normalized spacial score (nSPS) is 11.5. The quantitative estimate of drug-likeness (QED) is 0.694. The Morgan fingerprint density at radius 3 is 2.43 bits per heavy atom. The first-order chi connectivity index (χ1) is 13.2. The highest BCUT2D eigenvalue weighted by Gasteiger charge is 2.26. The molecule has 1 amide bonds. The van der Waals surface area contributed by atoms with Gasteiger partial charge in [-0.1, -0.05) is 24.6 Å². The van der Waals surface area contributed by atoms with Crippen molar-refractivity contribution in [2.24, 2.45) is 0 Å². The maximum Gasteiger partial charge on any atom is 0.243 e. The highest BCUT2D eigenvalue weighted by atomic mass is 35.5. The van der Waals surface area contributed by atoms with Crippen LogP contribution in [0.15, 0.2) is 41.3 Å². The van der Waals surface area contributed by atoms with E-state index in [2.05, 4.69) is 5.32 Å². The molecule has 0 radical (unpaired) electrons.